The van der Waals surface area contributed by atoms with Crippen LogP contribution in [0, 0.1) is 0 Å². The fourth-order valence-electron chi connectivity index (χ4n) is 6.08. The Labute approximate surface area is 292 Å². The minimum atomic E-state index is -0.797. The zero-order valence-corrected chi connectivity index (χ0v) is 31.7. The first kappa shape index (κ1) is 45.4. The average molecular weight is 666 g/mol. The molecule has 0 heterocycles. The third-order valence-corrected chi connectivity index (χ3v) is 9.27. The molecule has 0 aliphatic carbocycles. The Bertz CT molecular complexity index is 697. The molecule has 0 saturated heterocycles. The second kappa shape index (κ2) is 37.2. The standard InChI is InChI=1S/C41H79NO5/c1-4-7-10-13-16-19-22-25-28-31-36-46-40(44)35-34-38(42-39(43)33-30-27-24-21-18-15-12-9-6-3)41(45)47-37-32-29-26-23-20-17-14-11-8-5-2/h38H,4-37H2,1-3H3,(H,42,43). The van der Waals surface area contributed by atoms with E-state index >= 15 is 0 Å². The van der Waals surface area contributed by atoms with E-state index in [9.17, 15) is 14.4 Å². The van der Waals surface area contributed by atoms with Crippen LogP contribution in [0.2, 0.25) is 0 Å². The number of carbonyl (C=O) groups is 3. The van der Waals surface area contributed by atoms with Gasteiger partial charge >= 0.3 is 11.9 Å². The van der Waals surface area contributed by atoms with Crippen molar-refractivity contribution in [2.45, 2.75) is 232 Å². The summed E-state index contributed by atoms with van der Waals surface area (Å²) >= 11 is 0. The lowest BCUT2D eigenvalue weighted by Gasteiger charge is -2.18. The van der Waals surface area contributed by atoms with E-state index in [-0.39, 0.29) is 24.7 Å². The van der Waals surface area contributed by atoms with Crippen molar-refractivity contribution in [2.24, 2.45) is 0 Å². The molecule has 0 rings (SSSR count). The number of carbonyl (C=O) groups excluding carboxylic acids is 3. The minimum Gasteiger partial charge on any atom is -0.466 e. The summed E-state index contributed by atoms with van der Waals surface area (Å²) in [6, 6.07) is -0.797. The van der Waals surface area contributed by atoms with E-state index in [0.29, 0.717) is 19.6 Å². The van der Waals surface area contributed by atoms with Gasteiger partial charge in [-0.2, -0.15) is 0 Å². The highest BCUT2D eigenvalue weighted by molar-refractivity contribution is 5.85. The molecular formula is C41H79NO5. The van der Waals surface area contributed by atoms with Gasteiger partial charge in [-0.15, -0.1) is 0 Å². The van der Waals surface area contributed by atoms with Crippen LogP contribution >= 0.6 is 0 Å². The number of ether oxygens (including phenoxy) is 2. The average Bonchev–Trinajstić information content (AvgIpc) is 3.07. The van der Waals surface area contributed by atoms with Gasteiger partial charge in [0.15, 0.2) is 0 Å². The quantitative estimate of drug-likeness (QED) is 0.0527. The lowest BCUT2D eigenvalue weighted by molar-refractivity contribution is -0.149. The van der Waals surface area contributed by atoms with E-state index < -0.39 is 12.0 Å². The van der Waals surface area contributed by atoms with E-state index in [4.69, 9.17) is 9.47 Å². The largest absolute Gasteiger partial charge is 0.466 e. The van der Waals surface area contributed by atoms with Gasteiger partial charge in [-0.3, -0.25) is 9.59 Å². The molecule has 1 unspecified atom stereocenters. The van der Waals surface area contributed by atoms with Crippen molar-refractivity contribution in [2.75, 3.05) is 13.2 Å². The van der Waals surface area contributed by atoms with E-state index in [0.717, 1.165) is 51.4 Å². The number of esters is 2. The predicted octanol–water partition coefficient (Wildman–Crippen LogP) is 12.1. The number of hydrogen-bond acceptors (Lipinski definition) is 5. The van der Waals surface area contributed by atoms with Gasteiger partial charge in [0, 0.05) is 12.8 Å². The van der Waals surface area contributed by atoms with Gasteiger partial charge in [-0.1, -0.05) is 188 Å². The Morgan fingerprint density at radius 2 is 0.766 bits per heavy atom. The molecule has 1 N–H and O–H groups in total. The molecule has 0 bridgehead atoms. The topological polar surface area (TPSA) is 81.7 Å². The maximum Gasteiger partial charge on any atom is 0.328 e. The summed E-state index contributed by atoms with van der Waals surface area (Å²) in [7, 11) is 0. The van der Waals surface area contributed by atoms with Crippen LogP contribution in [0.3, 0.4) is 0 Å². The second-order valence-electron chi connectivity index (χ2n) is 14.0. The van der Waals surface area contributed by atoms with Gasteiger partial charge in [-0.05, 0) is 25.7 Å². The number of nitrogens with one attached hydrogen (secondary N) is 1. The Morgan fingerprint density at radius 1 is 0.426 bits per heavy atom. The van der Waals surface area contributed by atoms with Gasteiger partial charge in [0.2, 0.25) is 5.91 Å². The smallest absolute Gasteiger partial charge is 0.328 e. The van der Waals surface area contributed by atoms with E-state index in [1.54, 1.807) is 0 Å². The molecule has 0 aromatic carbocycles. The third kappa shape index (κ3) is 34.1. The first-order valence-corrected chi connectivity index (χ1v) is 20.7. The summed E-state index contributed by atoms with van der Waals surface area (Å²) in [5.41, 5.74) is 0. The van der Waals surface area contributed by atoms with E-state index in [1.807, 2.05) is 0 Å². The van der Waals surface area contributed by atoms with Gasteiger partial charge in [-0.25, -0.2) is 4.79 Å². The highest BCUT2D eigenvalue weighted by Crippen LogP contribution is 2.14. The lowest BCUT2D eigenvalue weighted by atomic mass is 10.1. The fraction of sp³-hybridized carbons (Fsp3) is 0.927. The van der Waals surface area contributed by atoms with Crippen LogP contribution in [-0.4, -0.2) is 37.1 Å². The number of amides is 1. The molecule has 278 valence electrons. The van der Waals surface area contributed by atoms with Gasteiger partial charge in [0.25, 0.3) is 0 Å². The van der Waals surface area contributed by atoms with Crippen LogP contribution in [0.15, 0.2) is 0 Å². The van der Waals surface area contributed by atoms with Crippen LogP contribution < -0.4 is 5.32 Å². The number of rotatable bonds is 37. The first-order chi connectivity index (χ1) is 23.0. The highest BCUT2D eigenvalue weighted by atomic mass is 16.5. The maximum atomic E-state index is 12.9. The molecule has 1 atom stereocenters. The predicted molar refractivity (Wildman–Crippen MR) is 199 cm³/mol. The van der Waals surface area contributed by atoms with Crippen LogP contribution in [-0.2, 0) is 23.9 Å². The van der Waals surface area contributed by atoms with Crippen molar-refractivity contribution >= 4 is 17.8 Å². The molecule has 0 aliphatic heterocycles. The SMILES string of the molecule is CCCCCCCCCCCCOC(=O)CCC(NC(=O)CCCCCCCCCCC)C(=O)OCCCCCCCCCCCC. The zero-order valence-electron chi connectivity index (χ0n) is 31.7. The minimum absolute atomic E-state index is 0.105. The van der Waals surface area contributed by atoms with Gasteiger partial charge < -0.3 is 14.8 Å². The molecule has 47 heavy (non-hydrogen) atoms. The summed E-state index contributed by atoms with van der Waals surface area (Å²) in [5.74, 6) is -0.863. The Hall–Kier alpha value is -1.59. The van der Waals surface area contributed by atoms with Gasteiger partial charge in [0.05, 0.1) is 13.2 Å². The Morgan fingerprint density at radius 3 is 1.17 bits per heavy atom. The molecule has 0 radical (unpaired) electrons. The highest BCUT2D eigenvalue weighted by Gasteiger charge is 2.23. The second-order valence-corrected chi connectivity index (χ2v) is 14.0. The fourth-order valence-corrected chi connectivity index (χ4v) is 6.08. The Kier molecular flexibility index (Phi) is 36.0. The van der Waals surface area contributed by atoms with Crippen molar-refractivity contribution in [3.05, 3.63) is 0 Å². The monoisotopic (exact) mass is 666 g/mol. The van der Waals surface area contributed by atoms with E-state index in [2.05, 4.69) is 26.1 Å². The molecule has 0 aliphatic rings. The first-order valence-electron chi connectivity index (χ1n) is 20.7. The third-order valence-electron chi connectivity index (χ3n) is 9.27. The molecule has 0 spiro atoms. The zero-order chi connectivity index (χ0) is 34.5. The van der Waals surface area contributed by atoms with Crippen molar-refractivity contribution in [1.29, 1.82) is 0 Å². The van der Waals surface area contributed by atoms with Gasteiger partial charge in [0.1, 0.15) is 6.04 Å². The molecule has 1 amide bonds. The van der Waals surface area contributed by atoms with Crippen molar-refractivity contribution in [3.63, 3.8) is 0 Å². The summed E-state index contributed by atoms with van der Waals surface area (Å²) in [5, 5.41) is 2.88. The van der Waals surface area contributed by atoms with Crippen LogP contribution in [0.5, 0.6) is 0 Å². The van der Waals surface area contributed by atoms with Crippen LogP contribution in [0.25, 0.3) is 0 Å². The summed E-state index contributed by atoms with van der Waals surface area (Å²) in [6.45, 7) is 7.52. The van der Waals surface area contributed by atoms with Crippen molar-refractivity contribution in [1.82, 2.24) is 5.32 Å². The lowest BCUT2D eigenvalue weighted by Crippen LogP contribution is -2.42. The van der Waals surface area contributed by atoms with Crippen LogP contribution in [0.1, 0.15) is 226 Å². The molecule has 6 heteroatoms. The number of hydrogen-bond donors (Lipinski definition) is 1. The van der Waals surface area contributed by atoms with Crippen LogP contribution in [0.4, 0.5) is 0 Å². The van der Waals surface area contributed by atoms with Crippen molar-refractivity contribution in [3.8, 4) is 0 Å². The summed E-state index contributed by atoms with van der Waals surface area (Å²) in [6.07, 6.45) is 36.0. The maximum absolute atomic E-state index is 12.9. The Balaban J connectivity index is 4.35. The molecule has 0 aromatic heterocycles. The molecule has 0 fully saturated rings. The molecule has 6 nitrogen and oxygen atoms in total. The van der Waals surface area contributed by atoms with Crippen molar-refractivity contribution < 1.29 is 23.9 Å². The molecular weight excluding hydrogens is 586 g/mol. The number of unbranched alkanes of at least 4 members (excludes halogenated alkanes) is 26. The normalized spacial score (nSPS) is 11.8. The summed E-state index contributed by atoms with van der Waals surface area (Å²) < 4.78 is 11.0. The molecule has 0 aromatic rings. The van der Waals surface area contributed by atoms with E-state index in [1.165, 1.54) is 135 Å². The summed E-state index contributed by atoms with van der Waals surface area (Å²) in [4.78, 5) is 38.1. The molecule has 0 saturated carbocycles.